The quantitative estimate of drug-likeness (QED) is 0.240. The van der Waals surface area contributed by atoms with Gasteiger partial charge in [-0.25, -0.2) is 21.1 Å². The molecule has 4 aromatic rings. The SMILES string of the molecule is CCC(=O)c1c(-c2ccc(C)cc2)oc2cc(N(CCN(C)S(C)(=O)=O)S(C)(=O)=O)c(-c3ccccc3)cc12. The predicted molar refractivity (Wildman–Crippen MR) is 156 cm³/mol. The topological polar surface area (TPSA) is 105 Å². The van der Waals surface area contributed by atoms with Crippen LogP contribution in [0.3, 0.4) is 0 Å². The summed E-state index contributed by atoms with van der Waals surface area (Å²) in [7, 11) is -5.95. The van der Waals surface area contributed by atoms with Crippen molar-refractivity contribution in [2.24, 2.45) is 0 Å². The summed E-state index contributed by atoms with van der Waals surface area (Å²) in [6.07, 6.45) is 2.42. The molecule has 0 atom stereocenters. The lowest BCUT2D eigenvalue weighted by atomic mass is 9.96. The molecule has 1 aromatic heterocycles. The van der Waals surface area contributed by atoms with Gasteiger partial charge in [-0.2, -0.15) is 0 Å². The van der Waals surface area contributed by atoms with Crippen LogP contribution < -0.4 is 4.31 Å². The lowest BCUT2D eigenvalue weighted by Gasteiger charge is -2.27. The van der Waals surface area contributed by atoms with Gasteiger partial charge < -0.3 is 4.42 Å². The minimum absolute atomic E-state index is 0.0511. The van der Waals surface area contributed by atoms with Gasteiger partial charge in [0.05, 0.1) is 23.8 Å². The Hall–Kier alpha value is -3.47. The van der Waals surface area contributed by atoms with Crippen LogP contribution in [0.25, 0.3) is 33.4 Å². The second-order valence-electron chi connectivity index (χ2n) is 9.60. The lowest BCUT2D eigenvalue weighted by Crippen LogP contribution is -2.39. The molecule has 206 valence electrons. The molecular weight excluding hydrogens is 536 g/mol. The second-order valence-corrected chi connectivity index (χ2v) is 13.6. The number of anilines is 1. The van der Waals surface area contributed by atoms with E-state index in [4.69, 9.17) is 4.42 Å². The van der Waals surface area contributed by atoms with E-state index in [-0.39, 0.29) is 25.3 Å². The molecule has 39 heavy (non-hydrogen) atoms. The van der Waals surface area contributed by atoms with E-state index in [0.29, 0.717) is 33.5 Å². The molecule has 0 aliphatic carbocycles. The van der Waals surface area contributed by atoms with Crippen molar-refractivity contribution >= 4 is 42.5 Å². The van der Waals surface area contributed by atoms with E-state index in [1.165, 1.54) is 11.4 Å². The van der Waals surface area contributed by atoms with Crippen molar-refractivity contribution in [1.82, 2.24) is 4.31 Å². The molecule has 0 N–H and O–H groups in total. The van der Waals surface area contributed by atoms with Gasteiger partial charge in [-0.05, 0) is 18.6 Å². The number of hydrogen-bond acceptors (Lipinski definition) is 6. The van der Waals surface area contributed by atoms with Crippen molar-refractivity contribution in [1.29, 1.82) is 0 Å². The van der Waals surface area contributed by atoms with Gasteiger partial charge in [-0.1, -0.05) is 67.1 Å². The maximum absolute atomic E-state index is 13.2. The second kappa shape index (κ2) is 11.0. The van der Waals surface area contributed by atoms with E-state index in [9.17, 15) is 21.6 Å². The standard InChI is InChI=1S/C29H32N2O6S2/c1-6-26(32)28-24-18-23(21-10-8-7-9-11-21)25(31(39(5,35)36)17-16-30(3)38(4,33)34)19-27(24)37-29(28)22-14-12-20(2)13-15-22/h7-15,18-19H,6,16-17H2,1-5H3. The summed E-state index contributed by atoms with van der Waals surface area (Å²) in [5.41, 5.74) is 4.27. The smallest absolute Gasteiger partial charge is 0.232 e. The molecule has 8 nitrogen and oxygen atoms in total. The third-order valence-electron chi connectivity index (χ3n) is 6.66. The van der Waals surface area contributed by atoms with Crippen molar-refractivity contribution in [3.8, 4) is 22.5 Å². The first-order chi connectivity index (χ1) is 18.3. The summed E-state index contributed by atoms with van der Waals surface area (Å²) < 4.78 is 58.7. The number of fused-ring (bicyclic) bond motifs is 1. The molecule has 10 heteroatoms. The molecule has 0 aliphatic heterocycles. The molecular formula is C29H32N2O6S2. The summed E-state index contributed by atoms with van der Waals surface area (Å²) in [6.45, 7) is 3.60. The van der Waals surface area contributed by atoms with Crippen LogP contribution in [0.2, 0.25) is 0 Å². The normalized spacial score (nSPS) is 12.3. The van der Waals surface area contributed by atoms with Crippen LogP contribution in [0, 0.1) is 6.92 Å². The summed E-state index contributed by atoms with van der Waals surface area (Å²) in [5.74, 6) is 0.335. The first-order valence-electron chi connectivity index (χ1n) is 12.5. The van der Waals surface area contributed by atoms with Crippen LogP contribution in [0.4, 0.5) is 5.69 Å². The van der Waals surface area contributed by atoms with Crippen molar-refractivity contribution in [2.45, 2.75) is 20.3 Å². The molecule has 0 aliphatic rings. The van der Waals surface area contributed by atoms with Crippen molar-refractivity contribution in [3.05, 3.63) is 77.9 Å². The van der Waals surface area contributed by atoms with Crippen molar-refractivity contribution in [3.63, 3.8) is 0 Å². The third-order valence-corrected chi connectivity index (χ3v) is 9.15. The van der Waals surface area contributed by atoms with Crippen LogP contribution in [0.1, 0.15) is 29.3 Å². The number of likely N-dealkylation sites (N-methyl/N-ethyl adjacent to an activating group) is 1. The highest BCUT2D eigenvalue weighted by Crippen LogP contribution is 2.42. The minimum atomic E-state index is -3.84. The molecule has 0 bridgehead atoms. The monoisotopic (exact) mass is 568 g/mol. The summed E-state index contributed by atoms with van der Waals surface area (Å²) in [6, 6.07) is 20.3. The average molecular weight is 569 g/mol. The van der Waals surface area contributed by atoms with Gasteiger partial charge in [0.15, 0.2) is 5.78 Å². The van der Waals surface area contributed by atoms with E-state index in [1.807, 2.05) is 61.5 Å². The fourth-order valence-electron chi connectivity index (χ4n) is 4.41. The molecule has 0 spiro atoms. The van der Waals surface area contributed by atoms with Gasteiger partial charge >= 0.3 is 0 Å². The van der Waals surface area contributed by atoms with Crippen LogP contribution in [-0.4, -0.2) is 59.6 Å². The predicted octanol–water partition coefficient (Wildman–Crippen LogP) is 5.33. The van der Waals surface area contributed by atoms with Crippen molar-refractivity contribution in [2.75, 3.05) is 37.0 Å². The highest BCUT2D eigenvalue weighted by Gasteiger charge is 2.27. The Labute approximate surface area is 230 Å². The highest BCUT2D eigenvalue weighted by molar-refractivity contribution is 7.92. The van der Waals surface area contributed by atoms with Gasteiger partial charge in [-0.15, -0.1) is 0 Å². The number of aryl methyl sites for hydroxylation is 1. The van der Waals surface area contributed by atoms with Crippen molar-refractivity contribution < 1.29 is 26.0 Å². The van der Waals surface area contributed by atoms with E-state index in [1.54, 1.807) is 19.1 Å². The van der Waals surface area contributed by atoms with Gasteiger partial charge in [0, 0.05) is 49.1 Å². The number of nitrogens with zero attached hydrogens (tertiary/aromatic N) is 2. The minimum Gasteiger partial charge on any atom is -0.455 e. The summed E-state index contributed by atoms with van der Waals surface area (Å²) >= 11 is 0. The Morgan fingerprint density at radius 3 is 2.05 bits per heavy atom. The Bertz CT molecular complexity index is 1730. The number of rotatable bonds is 10. The average Bonchev–Trinajstić information content (AvgIpc) is 3.25. The zero-order valence-electron chi connectivity index (χ0n) is 22.6. The first kappa shape index (κ1) is 28.5. The number of carbonyl (C=O) groups excluding carboxylic acids is 1. The van der Waals surface area contributed by atoms with Crippen LogP contribution in [-0.2, 0) is 20.0 Å². The number of sulfonamides is 2. The number of benzene rings is 3. The molecule has 0 radical (unpaired) electrons. The Morgan fingerprint density at radius 1 is 0.846 bits per heavy atom. The zero-order chi connectivity index (χ0) is 28.5. The zero-order valence-corrected chi connectivity index (χ0v) is 24.3. The molecule has 0 amide bonds. The molecule has 0 fully saturated rings. The fourth-order valence-corrected chi connectivity index (χ4v) is 5.75. The van der Waals surface area contributed by atoms with Crippen LogP contribution >= 0.6 is 0 Å². The van der Waals surface area contributed by atoms with Gasteiger partial charge in [0.1, 0.15) is 11.3 Å². The lowest BCUT2D eigenvalue weighted by molar-refractivity contribution is 0.0989. The maximum atomic E-state index is 13.2. The van der Waals surface area contributed by atoms with E-state index < -0.39 is 20.0 Å². The van der Waals surface area contributed by atoms with Crippen LogP contribution in [0.5, 0.6) is 0 Å². The molecule has 0 saturated carbocycles. The van der Waals surface area contributed by atoms with Gasteiger partial charge in [0.25, 0.3) is 0 Å². The first-order valence-corrected chi connectivity index (χ1v) is 16.2. The number of Topliss-reactive ketones (excluding diaryl/α,β-unsaturated/α-hetero) is 1. The largest absolute Gasteiger partial charge is 0.455 e. The van der Waals surface area contributed by atoms with E-state index in [2.05, 4.69) is 0 Å². The third kappa shape index (κ3) is 6.08. The van der Waals surface area contributed by atoms with Gasteiger partial charge in [-0.3, -0.25) is 9.10 Å². The van der Waals surface area contributed by atoms with Gasteiger partial charge in [0.2, 0.25) is 20.0 Å². The van der Waals surface area contributed by atoms with E-state index >= 15 is 0 Å². The molecule has 4 rings (SSSR count). The Morgan fingerprint density at radius 2 is 1.49 bits per heavy atom. The Balaban J connectivity index is 2.01. The number of furan rings is 1. The maximum Gasteiger partial charge on any atom is 0.232 e. The number of hydrogen-bond donors (Lipinski definition) is 0. The summed E-state index contributed by atoms with van der Waals surface area (Å²) in [5, 5.41) is 0.585. The van der Waals surface area contributed by atoms with Crippen LogP contribution in [0.15, 0.2) is 71.1 Å². The molecule has 0 saturated heterocycles. The highest BCUT2D eigenvalue weighted by atomic mass is 32.2. The number of ketones is 1. The fraction of sp³-hybridized carbons (Fsp3) is 0.276. The molecule has 0 unspecified atom stereocenters. The molecule has 1 heterocycles. The summed E-state index contributed by atoms with van der Waals surface area (Å²) in [4.78, 5) is 13.2. The number of carbonyl (C=O) groups is 1. The Kier molecular flexibility index (Phi) is 8.02. The molecule has 3 aromatic carbocycles. The van der Waals surface area contributed by atoms with E-state index in [0.717, 1.165) is 33.5 Å².